The zero-order chi connectivity index (χ0) is 26.7. The molecule has 2 aromatic heterocycles. The lowest BCUT2D eigenvalue weighted by Crippen LogP contribution is -2.25. The molecule has 0 amide bonds. The Labute approximate surface area is 231 Å². The molecule has 198 valence electrons. The number of nitrogens with zero attached hydrogens (tertiary/aromatic N) is 8. The molecule has 0 aliphatic carbocycles. The van der Waals surface area contributed by atoms with Crippen LogP contribution in [-0.2, 0) is 28.2 Å². The number of anilines is 2. The van der Waals surface area contributed by atoms with Crippen LogP contribution in [-0.4, -0.2) is 33.7 Å². The highest BCUT2D eigenvalue weighted by atomic mass is 33.1. The van der Waals surface area contributed by atoms with Gasteiger partial charge >= 0.3 is 11.9 Å². The highest BCUT2D eigenvalue weighted by molar-refractivity contribution is 8.76. The van der Waals surface area contributed by atoms with Gasteiger partial charge in [0.15, 0.2) is 0 Å². The minimum absolute atomic E-state index is 0.797. The van der Waals surface area contributed by atoms with Gasteiger partial charge in [-0.05, 0) is 48.5 Å². The highest BCUT2D eigenvalue weighted by Crippen LogP contribution is 2.23. The van der Waals surface area contributed by atoms with E-state index in [-0.39, 0.29) is 0 Å². The lowest BCUT2D eigenvalue weighted by molar-refractivity contribution is -0.657. The molecule has 0 fully saturated rings. The first-order valence-electron chi connectivity index (χ1n) is 12.3. The van der Waals surface area contributed by atoms with Crippen LogP contribution in [0, 0.1) is 0 Å². The van der Waals surface area contributed by atoms with Crippen molar-refractivity contribution in [3.8, 4) is 0 Å². The predicted octanol–water partition coefficient (Wildman–Crippen LogP) is 5.75. The average molecular weight is 551 g/mol. The van der Waals surface area contributed by atoms with E-state index in [2.05, 4.69) is 31.1 Å². The van der Waals surface area contributed by atoms with Gasteiger partial charge in [0, 0.05) is 46.2 Å². The standard InChI is InChI=1S/C26H32N10S2/c1-33-15-16-34(2)25(33)31-29-23-9-5-21(6-10-23)27-13-19-37-38-20-14-28-22-7-11-24(12-8-22)30-32-26-35(3)17-18-36(26)4/h5-12,15-18H,13-14,19-20H2,1-4H3/p+2. The van der Waals surface area contributed by atoms with E-state index in [1.165, 1.54) is 0 Å². The summed E-state index contributed by atoms with van der Waals surface area (Å²) < 4.78 is 7.74. The van der Waals surface area contributed by atoms with Gasteiger partial charge in [0.05, 0.1) is 53.0 Å². The Morgan fingerprint density at radius 3 is 1.37 bits per heavy atom. The van der Waals surface area contributed by atoms with E-state index in [1.807, 2.05) is 141 Å². The molecule has 2 aromatic carbocycles. The van der Waals surface area contributed by atoms with Crippen molar-refractivity contribution in [1.29, 1.82) is 0 Å². The van der Waals surface area contributed by atoms with Crippen LogP contribution in [0.1, 0.15) is 0 Å². The van der Waals surface area contributed by atoms with Crippen LogP contribution < -0.4 is 19.8 Å². The molecule has 0 saturated carbocycles. The summed E-state index contributed by atoms with van der Waals surface area (Å²) in [5.41, 5.74) is 3.83. The largest absolute Gasteiger partial charge is 0.421 e. The predicted molar refractivity (Wildman–Crippen MR) is 156 cm³/mol. The summed E-state index contributed by atoms with van der Waals surface area (Å²) in [4.78, 5) is 0. The van der Waals surface area contributed by atoms with Gasteiger partial charge in [0.2, 0.25) is 0 Å². The molecule has 10 nitrogen and oxygen atoms in total. The highest BCUT2D eigenvalue weighted by Gasteiger charge is 2.11. The monoisotopic (exact) mass is 550 g/mol. The summed E-state index contributed by atoms with van der Waals surface area (Å²) in [5.74, 6) is 3.64. The molecule has 38 heavy (non-hydrogen) atoms. The number of benzene rings is 2. The van der Waals surface area contributed by atoms with E-state index in [0.29, 0.717) is 0 Å². The van der Waals surface area contributed by atoms with Crippen LogP contribution in [0.25, 0.3) is 0 Å². The molecule has 0 unspecified atom stereocenters. The van der Waals surface area contributed by atoms with Crippen molar-refractivity contribution in [2.24, 2.45) is 48.6 Å². The maximum atomic E-state index is 4.33. The Balaban J connectivity index is 1.07. The second-order valence-electron chi connectivity index (χ2n) is 8.63. The third-order valence-electron chi connectivity index (χ3n) is 5.65. The van der Waals surface area contributed by atoms with E-state index in [4.69, 9.17) is 0 Å². The zero-order valence-electron chi connectivity index (χ0n) is 22.2. The molecule has 0 bridgehead atoms. The summed E-state index contributed by atoms with van der Waals surface area (Å²) >= 11 is 0. The van der Waals surface area contributed by atoms with Crippen molar-refractivity contribution >= 4 is 56.2 Å². The number of aryl methyl sites for hydroxylation is 4. The topological polar surface area (TPSA) is 91.1 Å². The normalized spacial score (nSPS) is 11.6. The van der Waals surface area contributed by atoms with Gasteiger partial charge in [-0.3, -0.25) is 0 Å². The Bertz CT molecular complexity index is 1210. The number of hydrogen-bond acceptors (Lipinski definition) is 8. The van der Waals surface area contributed by atoms with Crippen LogP contribution in [0.4, 0.5) is 34.6 Å². The second kappa shape index (κ2) is 13.8. The second-order valence-corrected chi connectivity index (χ2v) is 11.3. The van der Waals surface area contributed by atoms with Gasteiger partial charge in [0.1, 0.15) is 11.4 Å². The molecular formula is C26H34N10S2+2. The molecule has 2 heterocycles. The van der Waals surface area contributed by atoms with Crippen molar-refractivity contribution in [2.45, 2.75) is 0 Å². The molecule has 0 saturated heterocycles. The maximum absolute atomic E-state index is 4.33. The van der Waals surface area contributed by atoms with E-state index < -0.39 is 0 Å². The third kappa shape index (κ3) is 7.93. The quantitative estimate of drug-likeness (QED) is 0.0960. The lowest BCUT2D eigenvalue weighted by atomic mass is 10.3. The third-order valence-corrected chi connectivity index (χ3v) is 8.05. The van der Waals surface area contributed by atoms with Gasteiger partial charge < -0.3 is 10.6 Å². The minimum atomic E-state index is 0.797. The molecule has 4 aromatic rings. The fraction of sp³-hybridized carbons (Fsp3) is 0.308. The van der Waals surface area contributed by atoms with E-state index in [9.17, 15) is 0 Å². The van der Waals surface area contributed by atoms with Crippen molar-refractivity contribution in [1.82, 2.24) is 9.13 Å². The van der Waals surface area contributed by atoms with E-state index >= 15 is 0 Å². The molecular weight excluding hydrogens is 516 g/mol. The van der Waals surface area contributed by atoms with Gasteiger partial charge in [-0.25, -0.2) is 18.3 Å². The molecule has 0 spiro atoms. The Morgan fingerprint density at radius 1 is 0.632 bits per heavy atom. The van der Waals surface area contributed by atoms with Crippen molar-refractivity contribution < 1.29 is 9.13 Å². The molecule has 12 heteroatoms. The lowest BCUT2D eigenvalue weighted by Gasteiger charge is -2.07. The Kier molecular flexibility index (Phi) is 9.93. The van der Waals surface area contributed by atoms with E-state index in [0.717, 1.165) is 59.2 Å². The van der Waals surface area contributed by atoms with Crippen LogP contribution in [0.15, 0.2) is 93.8 Å². The van der Waals surface area contributed by atoms with Gasteiger partial charge in [0.25, 0.3) is 0 Å². The molecule has 0 aliphatic heterocycles. The number of nitrogens with one attached hydrogen (secondary N) is 2. The van der Waals surface area contributed by atoms with E-state index in [1.54, 1.807) is 0 Å². The zero-order valence-corrected chi connectivity index (χ0v) is 23.8. The summed E-state index contributed by atoms with van der Waals surface area (Å²) in [5, 5.41) is 24.2. The van der Waals surface area contributed by atoms with Crippen LogP contribution in [0.5, 0.6) is 0 Å². The smallest absolute Gasteiger partial charge is 0.384 e. The SMILES string of the molecule is Cn1cc[n+](C)c1N=Nc1ccc(NCCSSCCNc2ccc(N=Nc3n(C)cc[n+]3C)cc2)cc1. The Hall–Kier alpha value is -3.64. The average Bonchev–Trinajstić information content (AvgIpc) is 3.43. The van der Waals surface area contributed by atoms with Crippen molar-refractivity contribution in [2.75, 3.05) is 35.2 Å². The number of rotatable bonds is 13. The molecule has 2 N–H and O–H groups in total. The van der Waals surface area contributed by atoms with Crippen LogP contribution in [0.3, 0.4) is 0 Å². The Morgan fingerprint density at radius 2 is 1.03 bits per heavy atom. The summed E-state index contributed by atoms with van der Waals surface area (Å²) in [6, 6.07) is 16.0. The molecule has 4 rings (SSSR count). The first-order valence-corrected chi connectivity index (χ1v) is 14.8. The van der Waals surface area contributed by atoms with Crippen LogP contribution >= 0.6 is 21.6 Å². The summed E-state index contributed by atoms with van der Waals surface area (Å²) in [7, 11) is 11.6. The van der Waals surface area contributed by atoms with Crippen LogP contribution in [0.2, 0.25) is 0 Å². The first kappa shape index (κ1) is 27.4. The number of azo groups is 2. The van der Waals surface area contributed by atoms with Crippen molar-refractivity contribution in [3.63, 3.8) is 0 Å². The number of imidazole rings is 2. The fourth-order valence-corrected chi connectivity index (χ4v) is 5.35. The summed E-state index contributed by atoms with van der Waals surface area (Å²) in [6.07, 6.45) is 7.81. The number of hydrogen-bond donors (Lipinski definition) is 2. The van der Waals surface area contributed by atoms with Crippen molar-refractivity contribution in [3.05, 3.63) is 73.3 Å². The fourth-order valence-electron chi connectivity index (χ4n) is 3.54. The first-order chi connectivity index (χ1) is 18.5. The maximum Gasteiger partial charge on any atom is 0.421 e. The van der Waals surface area contributed by atoms with Gasteiger partial charge in [-0.15, -0.1) is 0 Å². The summed E-state index contributed by atoms with van der Waals surface area (Å²) in [6.45, 7) is 1.81. The van der Waals surface area contributed by atoms with Gasteiger partial charge in [-0.2, -0.15) is 0 Å². The van der Waals surface area contributed by atoms with Gasteiger partial charge in [-0.1, -0.05) is 31.8 Å². The molecule has 0 atom stereocenters. The minimum Gasteiger partial charge on any atom is -0.384 e. The molecule has 0 radical (unpaired) electrons. The molecule has 0 aliphatic rings. The number of aromatic nitrogens is 4.